The molecular weight excluding hydrogens is 234 g/mol. The van der Waals surface area contributed by atoms with Gasteiger partial charge in [0.2, 0.25) is 5.91 Å². The Morgan fingerprint density at radius 3 is 2.78 bits per heavy atom. The smallest absolute Gasteiger partial charge is 0.326 e. The van der Waals surface area contributed by atoms with Gasteiger partial charge in [-0.3, -0.25) is 9.69 Å². The molecule has 0 aliphatic carbocycles. The SMILES string of the molecule is O=C(O)C1CCCN1C(=O)CN1CCCNCC1. The van der Waals surface area contributed by atoms with Gasteiger partial charge in [-0.1, -0.05) is 0 Å². The maximum Gasteiger partial charge on any atom is 0.326 e. The number of carbonyl (C=O) groups excluding carboxylic acids is 1. The molecule has 2 aliphatic heterocycles. The molecule has 2 rings (SSSR count). The van der Waals surface area contributed by atoms with Crippen molar-refractivity contribution in [2.24, 2.45) is 0 Å². The van der Waals surface area contributed by atoms with Gasteiger partial charge in [-0.25, -0.2) is 4.79 Å². The Labute approximate surface area is 107 Å². The molecule has 2 fully saturated rings. The summed E-state index contributed by atoms with van der Waals surface area (Å²) in [5.41, 5.74) is 0. The number of nitrogens with one attached hydrogen (secondary N) is 1. The predicted molar refractivity (Wildman–Crippen MR) is 66.3 cm³/mol. The molecule has 1 amide bonds. The molecule has 2 aliphatic rings. The van der Waals surface area contributed by atoms with E-state index in [0.717, 1.165) is 39.0 Å². The van der Waals surface area contributed by atoms with Crippen molar-refractivity contribution in [3.05, 3.63) is 0 Å². The van der Waals surface area contributed by atoms with Gasteiger partial charge in [-0.05, 0) is 32.4 Å². The summed E-state index contributed by atoms with van der Waals surface area (Å²) in [5.74, 6) is -0.916. The Kier molecular flexibility index (Phi) is 4.54. The van der Waals surface area contributed by atoms with E-state index in [4.69, 9.17) is 5.11 Å². The van der Waals surface area contributed by atoms with Crippen LogP contribution in [0.3, 0.4) is 0 Å². The molecule has 1 atom stereocenters. The van der Waals surface area contributed by atoms with Crippen molar-refractivity contribution in [1.82, 2.24) is 15.1 Å². The third-order valence-electron chi connectivity index (χ3n) is 3.65. The van der Waals surface area contributed by atoms with Gasteiger partial charge in [0.25, 0.3) is 0 Å². The standard InChI is InChI=1S/C12H21N3O3/c16-11(9-14-6-2-4-13-5-8-14)15-7-1-3-10(15)12(17)18/h10,13H,1-9H2,(H,17,18). The molecule has 2 saturated heterocycles. The lowest BCUT2D eigenvalue weighted by Gasteiger charge is -2.25. The lowest BCUT2D eigenvalue weighted by Crippen LogP contribution is -2.46. The van der Waals surface area contributed by atoms with E-state index in [2.05, 4.69) is 10.2 Å². The molecular formula is C12H21N3O3. The number of hydrogen-bond acceptors (Lipinski definition) is 4. The van der Waals surface area contributed by atoms with Crippen molar-refractivity contribution in [3.8, 4) is 0 Å². The summed E-state index contributed by atoms with van der Waals surface area (Å²) in [6, 6.07) is -0.609. The zero-order valence-corrected chi connectivity index (χ0v) is 10.6. The van der Waals surface area contributed by atoms with Gasteiger partial charge in [-0.15, -0.1) is 0 Å². The lowest BCUT2D eigenvalue weighted by atomic mass is 10.2. The van der Waals surface area contributed by atoms with E-state index in [1.54, 1.807) is 0 Å². The minimum atomic E-state index is -0.876. The van der Waals surface area contributed by atoms with Crippen LogP contribution in [0.4, 0.5) is 0 Å². The number of carboxylic acids is 1. The van der Waals surface area contributed by atoms with Crippen molar-refractivity contribution >= 4 is 11.9 Å². The zero-order chi connectivity index (χ0) is 13.0. The highest BCUT2D eigenvalue weighted by Gasteiger charge is 2.34. The Balaban J connectivity index is 1.88. The predicted octanol–water partition coefficient (Wildman–Crippen LogP) is -0.643. The van der Waals surface area contributed by atoms with E-state index in [0.29, 0.717) is 19.5 Å². The average Bonchev–Trinajstić information content (AvgIpc) is 2.70. The Morgan fingerprint density at radius 2 is 2.00 bits per heavy atom. The van der Waals surface area contributed by atoms with Crippen LogP contribution in [0, 0.1) is 0 Å². The first-order chi connectivity index (χ1) is 8.68. The second-order valence-corrected chi connectivity index (χ2v) is 4.96. The molecule has 0 aromatic rings. The van der Waals surface area contributed by atoms with Crippen LogP contribution < -0.4 is 5.32 Å². The summed E-state index contributed by atoms with van der Waals surface area (Å²) >= 11 is 0. The molecule has 102 valence electrons. The molecule has 0 aromatic carbocycles. The Bertz CT molecular complexity index is 314. The van der Waals surface area contributed by atoms with Crippen LogP contribution >= 0.6 is 0 Å². The molecule has 2 N–H and O–H groups in total. The summed E-state index contributed by atoms with van der Waals surface area (Å²) in [5, 5.41) is 12.4. The van der Waals surface area contributed by atoms with Gasteiger partial charge in [-0.2, -0.15) is 0 Å². The molecule has 1 unspecified atom stereocenters. The second-order valence-electron chi connectivity index (χ2n) is 4.96. The zero-order valence-electron chi connectivity index (χ0n) is 10.6. The highest BCUT2D eigenvalue weighted by Crippen LogP contribution is 2.17. The lowest BCUT2D eigenvalue weighted by molar-refractivity contribution is -0.148. The van der Waals surface area contributed by atoms with Crippen LogP contribution in [0.25, 0.3) is 0 Å². The number of nitrogens with zero attached hydrogens (tertiary/aromatic N) is 2. The first-order valence-corrected chi connectivity index (χ1v) is 6.64. The number of aliphatic carboxylic acids is 1. The van der Waals surface area contributed by atoms with Gasteiger partial charge >= 0.3 is 5.97 Å². The fourth-order valence-electron chi connectivity index (χ4n) is 2.66. The van der Waals surface area contributed by atoms with Crippen LogP contribution in [0.5, 0.6) is 0 Å². The largest absolute Gasteiger partial charge is 0.480 e. The van der Waals surface area contributed by atoms with Crippen molar-refractivity contribution < 1.29 is 14.7 Å². The monoisotopic (exact) mass is 255 g/mol. The molecule has 0 spiro atoms. The fourth-order valence-corrected chi connectivity index (χ4v) is 2.66. The molecule has 0 radical (unpaired) electrons. The quantitative estimate of drug-likeness (QED) is 0.701. The third kappa shape index (κ3) is 3.20. The summed E-state index contributed by atoms with van der Waals surface area (Å²) in [6.07, 6.45) is 2.42. The van der Waals surface area contributed by atoms with Crippen LogP contribution in [0.2, 0.25) is 0 Å². The third-order valence-corrected chi connectivity index (χ3v) is 3.65. The highest BCUT2D eigenvalue weighted by molar-refractivity contribution is 5.85. The average molecular weight is 255 g/mol. The minimum absolute atomic E-state index is 0.0400. The fraction of sp³-hybridized carbons (Fsp3) is 0.833. The minimum Gasteiger partial charge on any atom is -0.480 e. The topological polar surface area (TPSA) is 72.9 Å². The normalized spacial score (nSPS) is 26.0. The van der Waals surface area contributed by atoms with E-state index < -0.39 is 12.0 Å². The van der Waals surface area contributed by atoms with Gasteiger partial charge < -0.3 is 15.3 Å². The number of hydrogen-bond donors (Lipinski definition) is 2. The first kappa shape index (κ1) is 13.3. The summed E-state index contributed by atoms with van der Waals surface area (Å²) in [6.45, 7) is 4.59. The van der Waals surface area contributed by atoms with Crippen LogP contribution in [-0.2, 0) is 9.59 Å². The number of likely N-dealkylation sites (tertiary alicyclic amines) is 1. The van der Waals surface area contributed by atoms with Gasteiger partial charge in [0.05, 0.1) is 6.54 Å². The maximum absolute atomic E-state index is 12.1. The molecule has 0 aromatic heterocycles. The molecule has 18 heavy (non-hydrogen) atoms. The number of amides is 1. The van der Waals surface area contributed by atoms with Gasteiger partial charge in [0, 0.05) is 19.6 Å². The van der Waals surface area contributed by atoms with Crippen LogP contribution in [-0.4, -0.2) is 72.1 Å². The van der Waals surface area contributed by atoms with Gasteiger partial charge in [0.15, 0.2) is 0 Å². The van der Waals surface area contributed by atoms with Crippen molar-refractivity contribution in [3.63, 3.8) is 0 Å². The number of carbonyl (C=O) groups is 2. The number of rotatable bonds is 3. The summed E-state index contributed by atoms with van der Waals surface area (Å²) < 4.78 is 0. The highest BCUT2D eigenvalue weighted by atomic mass is 16.4. The Morgan fingerprint density at radius 1 is 1.17 bits per heavy atom. The van der Waals surface area contributed by atoms with Crippen molar-refractivity contribution in [2.45, 2.75) is 25.3 Å². The molecule has 0 bridgehead atoms. The summed E-state index contributed by atoms with van der Waals surface area (Å²) in [7, 11) is 0. The molecule has 6 nitrogen and oxygen atoms in total. The number of carboxylic acid groups (broad SMARTS) is 1. The van der Waals surface area contributed by atoms with E-state index in [9.17, 15) is 9.59 Å². The Hall–Kier alpha value is -1.14. The van der Waals surface area contributed by atoms with E-state index in [1.807, 2.05) is 0 Å². The van der Waals surface area contributed by atoms with Crippen molar-refractivity contribution in [1.29, 1.82) is 0 Å². The molecule has 0 saturated carbocycles. The van der Waals surface area contributed by atoms with Crippen molar-refractivity contribution in [2.75, 3.05) is 39.3 Å². The maximum atomic E-state index is 12.1. The van der Waals surface area contributed by atoms with Crippen LogP contribution in [0.15, 0.2) is 0 Å². The first-order valence-electron chi connectivity index (χ1n) is 6.64. The van der Waals surface area contributed by atoms with E-state index in [-0.39, 0.29) is 5.91 Å². The summed E-state index contributed by atoms with van der Waals surface area (Å²) in [4.78, 5) is 26.8. The molecule has 2 heterocycles. The second kappa shape index (κ2) is 6.15. The van der Waals surface area contributed by atoms with E-state index >= 15 is 0 Å². The molecule has 6 heteroatoms. The van der Waals surface area contributed by atoms with E-state index in [1.165, 1.54) is 4.90 Å². The van der Waals surface area contributed by atoms with Gasteiger partial charge in [0.1, 0.15) is 6.04 Å². The van der Waals surface area contributed by atoms with Crippen LogP contribution in [0.1, 0.15) is 19.3 Å².